The molecule has 0 spiro atoms. The van der Waals surface area contributed by atoms with Crippen molar-refractivity contribution in [3.63, 3.8) is 0 Å². The van der Waals surface area contributed by atoms with E-state index < -0.39 is 0 Å². The van der Waals surface area contributed by atoms with Gasteiger partial charge in [0.15, 0.2) is 12.0 Å². The molecule has 0 radical (unpaired) electrons. The zero-order chi connectivity index (χ0) is 12.3. The van der Waals surface area contributed by atoms with Gasteiger partial charge in [0.05, 0.1) is 0 Å². The maximum Gasteiger partial charge on any atom is 0.213 e. The zero-order valence-corrected chi connectivity index (χ0v) is 12.7. The van der Waals surface area contributed by atoms with Crippen LogP contribution >= 0.6 is 0 Å². The Kier molecular flexibility index (Phi) is 5.47. The Balaban J connectivity index is 0.00000162. The highest BCUT2D eigenvalue weighted by Gasteiger charge is 2.14. The van der Waals surface area contributed by atoms with Gasteiger partial charge in [-0.1, -0.05) is 18.2 Å². The summed E-state index contributed by atoms with van der Waals surface area (Å²) < 4.78 is 1.99. The Morgan fingerprint density at radius 1 is 1.11 bits per heavy atom. The standard InChI is InChI=1S/C15H16NO.HI/c1-12-7-3-4-8-14(12)15-9-5-6-10-16(15)11-13(2)17;/h3-10H,11H2,1-2H3;1H/q+1;/p-1. The third-order valence-electron chi connectivity index (χ3n) is 2.75. The molecule has 2 aromatic rings. The minimum atomic E-state index is 0. The van der Waals surface area contributed by atoms with Crippen LogP contribution in [0, 0.1) is 6.92 Å². The topological polar surface area (TPSA) is 20.9 Å². The second kappa shape index (κ2) is 6.64. The van der Waals surface area contributed by atoms with Gasteiger partial charge in [-0.25, -0.2) is 0 Å². The van der Waals surface area contributed by atoms with Gasteiger partial charge in [-0.05, 0) is 24.6 Å². The molecule has 0 saturated carbocycles. The van der Waals surface area contributed by atoms with Crippen LogP contribution in [0.3, 0.4) is 0 Å². The van der Waals surface area contributed by atoms with Gasteiger partial charge in [0.1, 0.15) is 0 Å². The lowest BCUT2D eigenvalue weighted by Crippen LogP contribution is -3.00. The maximum absolute atomic E-state index is 11.3. The lowest BCUT2D eigenvalue weighted by atomic mass is 10.0. The number of Topliss-reactive ketones (excluding diaryl/α,β-unsaturated/α-hetero) is 1. The molecule has 0 N–H and O–H groups in total. The molecule has 3 heteroatoms. The summed E-state index contributed by atoms with van der Waals surface area (Å²) in [6.07, 6.45) is 1.95. The molecule has 0 aliphatic heterocycles. The molecular formula is C15H16INO. The number of carbonyl (C=O) groups is 1. The molecule has 94 valence electrons. The smallest absolute Gasteiger partial charge is 0.213 e. The number of carbonyl (C=O) groups excluding carboxylic acids is 1. The number of hydrogen-bond acceptors (Lipinski definition) is 1. The summed E-state index contributed by atoms with van der Waals surface area (Å²) in [6, 6.07) is 14.2. The van der Waals surface area contributed by atoms with Gasteiger partial charge in [0, 0.05) is 24.6 Å². The van der Waals surface area contributed by atoms with Crippen LogP contribution in [-0.2, 0) is 11.3 Å². The molecule has 1 aromatic carbocycles. The monoisotopic (exact) mass is 353 g/mol. The van der Waals surface area contributed by atoms with Crippen LogP contribution in [0.4, 0.5) is 0 Å². The molecule has 1 aromatic heterocycles. The van der Waals surface area contributed by atoms with Crippen LogP contribution in [-0.4, -0.2) is 5.78 Å². The van der Waals surface area contributed by atoms with E-state index in [1.165, 1.54) is 11.1 Å². The Morgan fingerprint density at radius 2 is 1.78 bits per heavy atom. The van der Waals surface area contributed by atoms with Gasteiger partial charge in [-0.3, -0.25) is 4.79 Å². The number of hydrogen-bond donors (Lipinski definition) is 0. The van der Waals surface area contributed by atoms with E-state index in [1.54, 1.807) is 6.92 Å². The van der Waals surface area contributed by atoms with Crippen molar-refractivity contribution >= 4 is 5.78 Å². The predicted molar refractivity (Wildman–Crippen MR) is 67.5 cm³/mol. The fraction of sp³-hybridized carbons (Fsp3) is 0.200. The molecule has 2 nitrogen and oxygen atoms in total. The lowest BCUT2D eigenvalue weighted by Gasteiger charge is -2.05. The molecule has 0 saturated heterocycles. The molecule has 0 unspecified atom stereocenters. The summed E-state index contributed by atoms with van der Waals surface area (Å²) in [5.41, 5.74) is 3.48. The molecule has 18 heavy (non-hydrogen) atoms. The van der Waals surface area contributed by atoms with Crippen LogP contribution in [0.1, 0.15) is 12.5 Å². The second-order valence-corrected chi connectivity index (χ2v) is 4.23. The maximum atomic E-state index is 11.3. The molecule has 0 bridgehead atoms. The SMILES string of the molecule is CC(=O)C[n+]1ccccc1-c1ccccc1C.[I-]. The number of halogens is 1. The Bertz CT molecular complexity index is 552. The molecule has 2 rings (SSSR count). The summed E-state index contributed by atoms with van der Waals surface area (Å²) in [5.74, 6) is 0.163. The first-order valence-electron chi connectivity index (χ1n) is 5.72. The van der Waals surface area contributed by atoms with Crippen molar-refractivity contribution in [1.29, 1.82) is 0 Å². The zero-order valence-electron chi connectivity index (χ0n) is 10.6. The summed E-state index contributed by atoms with van der Waals surface area (Å²) in [4.78, 5) is 11.3. The van der Waals surface area contributed by atoms with E-state index in [1.807, 2.05) is 41.1 Å². The molecule has 0 fully saturated rings. The third kappa shape index (κ3) is 3.38. The molecule has 1 heterocycles. The molecule has 0 aliphatic rings. The number of pyridine rings is 1. The second-order valence-electron chi connectivity index (χ2n) is 4.23. The summed E-state index contributed by atoms with van der Waals surface area (Å²) >= 11 is 0. The summed E-state index contributed by atoms with van der Waals surface area (Å²) in [5, 5.41) is 0. The van der Waals surface area contributed by atoms with E-state index in [0.29, 0.717) is 6.54 Å². The number of ketones is 1. The van der Waals surface area contributed by atoms with Gasteiger partial charge in [-0.15, -0.1) is 0 Å². The number of rotatable bonds is 3. The normalized spacial score (nSPS) is 9.67. The highest BCUT2D eigenvalue weighted by atomic mass is 127. The van der Waals surface area contributed by atoms with Gasteiger partial charge < -0.3 is 24.0 Å². The highest BCUT2D eigenvalue weighted by molar-refractivity contribution is 5.74. The predicted octanol–water partition coefficient (Wildman–Crippen LogP) is -0.457. The quantitative estimate of drug-likeness (QED) is 0.541. The van der Waals surface area contributed by atoms with Crippen LogP contribution < -0.4 is 28.5 Å². The van der Waals surface area contributed by atoms with Crippen molar-refractivity contribution < 1.29 is 33.3 Å². The van der Waals surface area contributed by atoms with Gasteiger partial charge in [-0.2, -0.15) is 4.57 Å². The van der Waals surface area contributed by atoms with E-state index in [4.69, 9.17) is 0 Å². The van der Waals surface area contributed by atoms with Crippen molar-refractivity contribution in [2.24, 2.45) is 0 Å². The minimum Gasteiger partial charge on any atom is -1.00 e. The van der Waals surface area contributed by atoms with Crippen molar-refractivity contribution in [3.8, 4) is 11.3 Å². The molecular weight excluding hydrogens is 337 g/mol. The van der Waals surface area contributed by atoms with Gasteiger partial charge in [0.2, 0.25) is 12.2 Å². The number of aryl methyl sites for hydroxylation is 1. The molecule has 0 aliphatic carbocycles. The minimum absolute atomic E-state index is 0. The first kappa shape index (κ1) is 14.8. The van der Waals surface area contributed by atoms with Gasteiger partial charge >= 0.3 is 0 Å². The largest absolute Gasteiger partial charge is 1.00 e. The van der Waals surface area contributed by atoms with Crippen molar-refractivity contribution in [2.75, 3.05) is 0 Å². The van der Waals surface area contributed by atoms with Crippen molar-refractivity contribution in [1.82, 2.24) is 0 Å². The summed E-state index contributed by atoms with van der Waals surface area (Å²) in [6.45, 7) is 4.12. The number of benzene rings is 1. The average molecular weight is 353 g/mol. The number of nitrogens with zero attached hydrogens (tertiary/aromatic N) is 1. The lowest BCUT2D eigenvalue weighted by molar-refractivity contribution is -0.673. The van der Waals surface area contributed by atoms with E-state index in [9.17, 15) is 4.79 Å². The van der Waals surface area contributed by atoms with E-state index in [0.717, 1.165) is 5.69 Å². The van der Waals surface area contributed by atoms with Crippen LogP contribution in [0.5, 0.6) is 0 Å². The van der Waals surface area contributed by atoms with Crippen molar-refractivity contribution in [2.45, 2.75) is 20.4 Å². The summed E-state index contributed by atoms with van der Waals surface area (Å²) in [7, 11) is 0. The first-order valence-corrected chi connectivity index (χ1v) is 5.72. The molecule has 0 atom stereocenters. The van der Waals surface area contributed by atoms with Crippen LogP contribution in [0.25, 0.3) is 11.3 Å². The van der Waals surface area contributed by atoms with Crippen LogP contribution in [0.2, 0.25) is 0 Å². The third-order valence-corrected chi connectivity index (χ3v) is 2.75. The molecule has 0 amide bonds. The van der Waals surface area contributed by atoms with Crippen LogP contribution in [0.15, 0.2) is 48.7 Å². The van der Waals surface area contributed by atoms with E-state index >= 15 is 0 Å². The fourth-order valence-corrected chi connectivity index (χ4v) is 1.96. The van der Waals surface area contributed by atoms with Crippen molar-refractivity contribution in [3.05, 3.63) is 54.2 Å². The Hall–Kier alpha value is -1.23. The number of aromatic nitrogens is 1. The average Bonchev–Trinajstić information content (AvgIpc) is 2.30. The highest BCUT2D eigenvalue weighted by Crippen LogP contribution is 2.19. The fourth-order valence-electron chi connectivity index (χ4n) is 1.96. The van der Waals surface area contributed by atoms with E-state index in [-0.39, 0.29) is 29.8 Å². The Morgan fingerprint density at radius 3 is 2.44 bits per heavy atom. The Labute approximate surface area is 125 Å². The van der Waals surface area contributed by atoms with E-state index in [2.05, 4.69) is 19.1 Å². The van der Waals surface area contributed by atoms with Gasteiger partial charge in [0.25, 0.3) is 0 Å². The first-order chi connectivity index (χ1) is 8.18.